The second-order valence-corrected chi connectivity index (χ2v) is 5.60. The first-order chi connectivity index (χ1) is 10.8. The van der Waals surface area contributed by atoms with Crippen LogP contribution in [0.1, 0.15) is 18.4 Å². The molecular formula is C15H18F3N3O2. The van der Waals surface area contributed by atoms with Gasteiger partial charge in [-0.05, 0) is 37.6 Å². The number of rotatable bonds is 4. The van der Waals surface area contributed by atoms with Crippen molar-refractivity contribution in [1.29, 1.82) is 0 Å². The van der Waals surface area contributed by atoms with Crippen LogP contribution in [0.25, 0.3) is 0 Å². The van der Waals surface area contributed by atoms with Gasteiger partial charge in [-0.25, -0.2) is 0 Å². The highest BCUT2D eigenvalue weighted by Crippen LogP contribution is 2.30. The van der Waals surface area contributed by atoms with Crippen LogP contribution in [0, 0.1) is 5.92 Å². The highest BCUT2D eigenvalue weighted by Gasteiger charge is 2.30. The minimum atomic E-state index is -4.46. The summed E-state index contributed by atoms with van der Waals surface area (Å²) in [5.41, 5.74) is 4.54. The van der Waals surface area contributed by atoms with E-state index in [0.29, 0.717) is 19.5 Å². The lowest BCUT2D eigenvalue weighted by Gasteiger charge is -2.30. The van der Waals surface area contributed by atoms with Crippen LogP contribution in [0.5, 0.6) is 0 Å². The molecule has 1 atom stereocenters. The number of likely N-dealkylation sites (tertiary alicyclic amines) is 1. The molecule has 0 saturated carbocycles. The van der Waals surface area contributed by atoms with Crippen molar-refractivity contribution in [3.8, 4) is 0 Å². The van der Waals surface area contributed by atoms with Crippen LogP contribution in [-0.2, 0) is 15.8 Å². The van der Waals surface area contributed by atoms with E-state index >= 15 is 0 Å². The maximum atomic E-state index is 12.6. The van der Waals surface area contributed by atoms with E-state index in [-0.39, 0.29) is 18.2 Å². The minimum absolute atomic E-state index is 0.0139. The molecule has 5 nitrogen and oxygen atoms in total. The van der Waals surface area contributed by atoms with E-state index in [9.17, 15) is 22.8 Å². The zero-order valence-electron chi connectivity index (χ0n) is 12.4. The van der Waals surface area contributed by atoms with E-state index in [0.717, 1.165) is 18.6 Å². The van der Waals surface area contributed by atoms with Gasteiger partial charge in [0.25, 0.3) is 0 Å². The number of piperidine rings is 1. The number of nitrogens with two attached hydrogens (primary N) is 1. The molecule has 1 aliphatic rings. The molecule has 1 saturated heterocycles. The lowest BCUT2D eigenvalue weighted by Crippen LogP contribution is -2.44. The van der Waals surface area contributed by atoms with E-state index in [1.54, 1.807) is 4.90 Å². The zero-order chi connectivity index (χ0) is 17.0. The van der Waals surface area contributed by atoms with Crippen molar-refractivity contribution in [3.63, 3.8) is 0 Å². The van der Waals surface area contributed by atoms with Crippen LogP contribution in [0.3, 0.4) is 0 Å². The largest absolute Gasteiger partial charge is 0.416 e. The first-order valence-corrected chi connectivity index (χ1v) is 7.24. The highest BCUT2D eigenvalue weighted by atomic mass is 19.4. The first kappa shape index (κ1) is 17.3. The molecule has 126 valence electrons. The Morgan fingerprint density at radius 1 is 1.35 bits per heavy atom. The number of hydrogen-bond acceptors (Lipinski definition) is 3. The summed E-state index contributed by atoms with van der Waals surface area (Å²) in [7, 11) is 0. The Kier molecular flexibility index (Phi) is 5.25. The Hall–Kier alpha value is -2.09. The molecule has 1 fully saturated rings. The predicted octanol–water partition coefficient (Wildman–Crippen LogP) is 1.84. The number of anilines is 1. The molecule has 23 heavy (non-hydrogen) atoms. The molecule has 1 heterocycles. The molecule has 8 heteroatoms. The average Bonchev–Trinajstić information content (AvgIpc) is 2.46. The number of halogens is 3. The number of alkyl halides is 3. The maximum Gasteiger partial charge on any atom is 0.416 e. The standard InChI is InChI=1S/C15H18F3N3O2/c16-15(17,18)11-4-1-5-12(7-11)20-13(22)9-21-6-2-3-10(8-21)14(19)23/h1,4-5,7,10H,2-3,6,8-9H2,(H2,19,23)(H,20,22)/t10-/m1/s1. The monoisotopic (exact) mass is 329 g/mol. The lowest BCUT2D eigenvalue weighted by atomic mass is 9.97. The molecule has 0 aromatic heterocycles. The number of carbonyl (C=O) groups is 2. The normalized spacial score (nSPS) is 19.3. The van der Waals surface area contributed by atoms with E-state index < -0.39 is 23.6 Å². The Morgan fingerprint density at radius 2 is 2.09 bits per heavy atom. The number of hydrogen-bond donors (Lipinski definition) is 2. The number of primary amides is 1. The third-order valence-corrected chi connectivity index (χ3v) is 3.75. The van der Waals surface area contributed by atoms with Crippen LogP contribution in [-0.4, -0.2) is 36.3 Å². The summed E-state index contributed by atoms with van der Waals surface area (Å²) < 4.78 is 37.9. The van der Waals surface area contributed by atoms with Crippen molar-refractivity contribution in [2.24, 2.45) is 11.7 Å². The van der Waals surface area contributed by atoms with Crippen molar-refractivity contribution < 1.29 is 22.8 Å². The number of amides is 2. The van der Waals surface area contributed by atoms with Crippen molar-refractivity contribution >= 4 is 17.5 Å². The summed E-state index contributed by atoms with van der Waals surface area (Å²) in [5, 5.41) is 2.45. The van der Waals surface area contributed by atoms with Gasteiger partial charge in [0.15, 0.2) is 0 Å². The molecule has 0 aliphatic carbocycles. The molecule has 1 aliphatic heterocycles. The van der Waals surface area contributed by atoms with Crippen molar-refractivity contribution in [1.82, 2.24) is 4.90 Å². The van der Waals surface area contributed by atoms with Gasteiger partial charge in [0.2, 0.25) is 11.8 Å². The number of nitrogens with one attached hydrogen (secondary N) is 1. The molecule has 0 bridgehead atoms. The third-order valence-electron chi connectivity index (χ3n) is 3.75. The highest BCUT2D eigenvalue weighted by molar-refractivity contribution is 5.92. The van der Waals surface area contributed by atoms with E-state index in [1.807, 2.05) is 0 Å². The summed E-state index contributed by atoms with van der Waals surface area (Å²) in [6.07, 6.45) is -3.01. The quantitative estimate of drug-likeness (QED) is 0.885. The maximum absolute atomic E-state index is 12.6. The van der Waals surface area contributed by atoms with Crippen molar-refractivity contribution in [2.75, 3.05) is 25.0 Å². The van der Waals surface area contributed by atoms with Gasteiger partial charge in [-0.2, -0.15) is 13.2 Å². The van der Waals surface area contributed by atoms with Gasteiger partial charge < -0.3 is 11.1 Å². The molecular weight excluding hydrogens is 311 g/mol. The Balaban J connectivity index is 1.93. The predicted molar refractivity (Wildman–Crippen MR) is 78.4 cm³/mol. The summed E-state index contributed by atoms with van der Waals surface area (Å²) in [4.78, 5) is 24.9. The number of nitrogens with zero attached hydrogens (tertiary/aromatic N) is 1. The summed E-state index contributed by atoms with van der Waals surface area (Å²) >= 11 is 0. The average molecular weight is 329 g/mol. The second kappa shape index (κ2) is 6.99. The van der Waals surface area contributed by atoms with Crippen LogP contribution in [0.2, 0.25) is 0 Å². The molecule has 2 rings (SSSR count). The van der Waals surface area contributed by atoms with Crippen molar-refractivity contribution in [3.05, 3.63) is 29.8 Å². The molecule has 2 amide bonds. The Morgan fingerprint density at radius 3 is 2.74 bits per heavy atom. The van der Waals surface area contributed by atoms with E-state index in [1.165, 1.54) is 12.1 Å². The van der Waals surface area contributed by atoms with Crippen LogP contribution in [0.4, 0.5) is 18.9 Å². The molecule has 1 aromatic carbocycles. The van der Waals surface area contributed by atoms with E-state index in [2.05, 4.69) is 5.32 Å². The SMILES string of the molecule is NC(=O)[C@@H]1CCCN(CC(=O)Nc2cccc(C(F)(F)F)c2)C1. The van der Waals surface area contributed by atoms with Crippen molar-refractivity contribution in [2.45, 2.75) is 19.0 Å². The number of carbonyl (C=O) groups excluding carboxylic acids is 2. The minimum Gasteiger partial charge on any atom is -0.369 e. The van der Waals surface area contributed by atoms with Gasteiger partial charge in [-0.15, -0.1) is 0 Å². The smallest absolute Gasteiger partial charge is 0.369 e. The van der Waals surface area contributed by atoms with Gasteiger partial charge in [0.1, 0.15) is 0 Å². The van der Waals surface area contributed by atoms with Gasteiger partial charge in [0, 0.05) is 12.2 Å². The topological polar surface area (TPSA) is 75.4 Å². The van der Waals surface area contributed by atoms with Gasteiger partial charge in [0.05, 0.1) is 18.0 Å². The van der Waals surface area contributed by atoms with E-state index in [4.69, 9.17) is 5.73 Å². The summed E-state index contributed by atoms with van der Waals surface area (Å²) in [5.74, 6) is -1.10. The fraction of sp³-hybridized carbons (Fsp3) is 0.467. The van der Waals surface area contributed by atoms with Crippen LogP contribution in [0.15, 0.2) is 24.3 Å². The van der Waals surface area contributed by atoms with Crippen LogP contribution < -0.4 is 11.1 Å². The Labute approximate surface area is 131 Å². The zero-order valence-corrected chi connectivity index (χ0v) is 12.4. The lowest BCUT2D eigenvalue weighted by molar-refractivity contribution is -0.137. The second-order valence-electron chi connectivity index (χ2n) is 5.60. The number of benzene rings is 1. The Bertz CT molecular complexity index is 590. The van der Waals surface area contributed by atoms with Gasteiger partial charge in [-0.1, -0.05) is 6.07 Å². The molecule has 1 aromatic rings. The third kappa shape index (κ3) is 4.95. The molecule has 0 unspecified atom stereocenters. The fourth-order valence-electron chi connectivity index (χ4n) is 2.61. The summed E-state index contributed by atoms with van der Waals surface area (Å²) in [6.45, 7) is 1.06. The fourth-order valence-corrected chi connectivity index (χ4v) is 2.61. The molecule has 0 spiro atoms. The summed E-state index contributed by atoms with van der Waals surface area (Å²) in [6, 6.07) is 4.47. The molecule has 3 N–H and O–H groups in total. The van der Waals surface area contributed by atoms with Crippen LogP contribution >= 0.6 is 0 Å². The van der Waals surface area contributed by atoms with Gasteiger partial charge >= 0.3 is 6.18 Å². The first-order valence-electron chi connectivity index (χ1n) is 7.24. The molecule has 0 radical (unpaired) electrons. The van der Waals surface area contributed by atoms with Gasteiger partial charge in [-0.3, -0.25) is 14.5 Å².